The van der Waals surface area contributed by atoms with Crippen LogP contribution in [0.15, 0.2) is 18.5 Å². The van der Waals surface area contributed by atoms with Crippen LogP contribution in [0.4, 0.5) is 0 Å². The van der Waals surface area contributed by atoms with Gasteiger partial charge in [0.05, 0.1) is 11.4 Å². The van der Waals surface area contributed by atoms with E-state index in [1.807, 2.05) is 11.0 Å². The molecule has 1 aliphatic rings. The highest BCUT2D eigenvalue weighted by Crippen LogP contribution is 2.27. The van der Waals surface area contributed by atoms with Gasteiger partial charge in [-0.25, -0.2) is 0 Å². The number of amides is 1. The van der Waals surface area contributed by atoms with Crippen molar-refractivity contribution in [2.45, 2.75) is 38.6 Å². The summed E-state index contributed by atoms with van der Waals surface area (Å²) in [6.45, 7) is 2.96. The van der Waals surface area contributed by atoms with E-state index in [0.717, 1.165) is 31.4 Å². The third kappa shape index (κ3) is 3.43. The number of rotatable bonds is 5. The summed E-state index contributed by atoms with van der Waals surface area (Å²) in [6.07, 6.45) is 7.01. The van der Waals surface area contributed by atoms with Gasteiger partial charge in [-0.3, -0.25) is 9.78 Å². The summed E-state index contributed by atoms with van der Waals surface area (Å²) in [4.78, 5) is 18.2. The summed E-state index contributed by atoms with van der Waals surface area (Å²) in [6, 6.07) is 2.29. The fourth-order valence-electron chi connectivity index (χ4n) is 1.97. The molecule has 0 radical (unpaired) electrons. The zero-order valence-corrected chi connectivity index (χ0v) is 10.8. The van der Waals surface area contributed by atoms with E-state index in [2.05, 4.69) is 11.9 Å². The van der Waals surface area contributed by atoms with Crippen LogP contribution in [0.2, 0.25) is 5.02 Å². The predicted molar refractivity (Wildman–Crippen MR) is 68.0 cm³/mol. The standard InChI is InChI=1S/C13H17ClN2O/c1-2-5-16(12-3-4-12)13(17)7-10-6-11(14)9-15-8-10/h6,8-9,12H,2-5,7H2,1H3. The van der Waals surface area contributed by atoms with Crippen molar-refractivity contribution in [1.29, 1.82) is 0 Å². The van der Waals surface area contributed by atoms with Crippen LogP contribution in [0.5, 0.6) is 0 Å². The number of hydrogen-bond donors (Lipinski definition) is 0. The first-order valence-corrected chi connectivity index (χ1v) is 6.47. The summed E-state index contributed by atoms with van der Waals surface area (Å²) in [7, 11) is 0. The molecule has 3 nitrogen and oxygen atoms in total. The van der Waals surface area contributed by atoms with Gasteiger partial charge in [-0.15, -0.1) is 0 Å². The van der Waals surface area contributed by atoms with E-state index in [-0.39, 0.29) is 5.91 Å². The van der Waals surface area contributed by atoms with Gasteiger partial charge in [-0.1, -0.05) is 18.5 Å². The molecule has 1 saturated carbocycles. The van der Waals surface area contributed by atoms with Crippen molar-refractivity contribution in [2.24, 2.45) is 0 Å². The number of nitrogens with zero attached hydrogens (tertiary/aromatic N) is 2. The van der Waals surface area contributed by atoms with E-state index in [0.29, 0.717) is 17.5 Å². The molecule has 2 rings (SSSR count). The van der Waals surface area contributed by atoms with Gasteiger partial charge in [0.25, 0.3) is 0 Å². The molecule has 0 saturated heterocycles. The minimum atomic E-state index is 0.193. The third-order valence-corrected chi connectivity index (χ3v) is 3.10. The zero-order chi connectivity index (χ0) is 12.3. The molecule has 0 aromatic carbocycles. The lowest BCUT2D eigenvalue weighted by molar-refractivity contribution is -0.131. The fourth-order valence-corrected chi connectivity index (χ4v) is 2.16. The van der Waals surface area contributed by atoms with Crippen molar-refractivity contribution in [3.63, 3.8) is 0 Å². The van der Waals surface area contributed by atoms with E-state index in [9.17, 15) is 4.79 Å². The first kappa shape index (κ1) is 12.4. The fraction of sp³-hybridized carbons (Fsp3) is 0.538. The van der Waals surface area contributed by atoms with E-state index in [1.54, 1.807) is 12.4 Å². The molecule has 0 spiro atoms. The largest absolute Gasteiger partial charge is 0.339 e. The summed E-state index contributed by atoms with van der Waals surface area (Å²) in [5, 5.41) is 0.587. The first-order chi connectivity index (χ1) is 8.20. The van der Waals surface area contributed by atoms with Gasteiger partial charge in [-0.2, -0.15) is 0 Å². The highest BCUT2D eigenvalue weighted by Gasteiger charge is 2.31. The molecule has 1 aromatic rings. The zero-order valence-electron chi connectivity index (χ0n) is 10.0. The lowest BCUT2D eigenvalue weighted by Gasteiger charge is -2.21. The minimum Gasteiger partial charge on any atom is -0.339 e. The molecule has 17 heavy (non-hydrogen) atoms. The maximum absolute atomic E-state index is 12.2. The Hall–Kier alpha value is -1.09. The highest BCUT2D eigenvalue weighted by molar-refractivity contribution is 6.30. The molecule has 0 atom stereocenters. The predicted octanol–water partition coefficient (Wildman–Crippen LogP) is 2.68. The second-order valence-corrected chi connectivity index (χ2v) is 4.94. The second kappa shape index (κ2) is 5.50. The Labute approximate surface area is 107 Å². The van der Waals surface area contributed by atoms with Gasteiger partial charge in [0.1, 0.15) is 0 Å². The molecule has 1 aromatic heterocycles. The Morgan fingerprint density at radius 2 is 2.29 bits per heavy atom. The Balaban J connectivity index is 1.99. The maximum atomic E-state index is 12.2. The first-order valence-electron chi connectivity index (χ1n) is 6.09. The SMILES string of the molecule is CCCN(C(=O)Cc1cncc(Cl)c1)C1CC1. The molecule has 1 amide bonds. The van der Waals surface area contributed by atoms with Crippen molar-refractivity contribution in [1.82, 2.24) is 9.88 Å². The monoisotopic (exact) mass is 252 g/mol. The number of carbonyl (C=O) groups excluding carboxylic acids is 1. The molecular weight excluding hydrogens is 236 g/mol. The molecule has 1 aliphatic carbocycles. The van der Waals surface area contributed by atoms with E-state index < -0.39 is 0 Å². The van der Waals surface area contributed by atoms with Gasteiger partial charge < -0.3 is 4.90 Å². The number of carbonyl (C=O) groups is 1. The van der Waals surface area contributed by atoms with E-state index in [1.165, 1.54) is 0 Å². The summed E-state index contributed by atoms with van der Waals surface area (Å²) in [5.74, 6) is 0.193. The number of hydrogen-bond acceptors (Lipinski definition) is 2. The Morgan fingerprint density at radius 3 is 2.88 bits per heavy atom. The molecule has 0 unspecified atom stereocenters. The summed E-state index contributed by atoms with van der Waals surface area (Å²) in [5.41, 5.74) is 0.893. The third-order valence-electron chi connectivity index (χ3n) is 2.89. The highest BCUT2D eigenvalue weighted by atomic mass is 35.5. The average Bonchev–Trinajstić information content (AvgIpc) is 3.09. The summed E-state index contributed by atoms with van der Waals surface area (Å²) >= 11 is 5.86. The molecule has 0 aliphatic heterocycles. The lowest BCUT2D eigenvalue weighted by atomic mass is 10.2. The van der Waals surface area contributed by atoms with Gasteiger partial charge in [0, 0.05) is 25.0 Å². The molecule has 1 heterocycles. The lowest BCUT2D eigenvalue weighted by Crippen LogP contribution is -2.34. The van der Waals surface area contributed by atoms with Crippen molar-refractivity contribution < 1.29 is 4.79 Å². The quantitative estimate of drug-likeness (QED) is 0.807. The van der Waals surface area contributed by atoms with Crippen molar-refractivity contribution in [2.75, 3.05) is 6.54 Å². The van der Waals surface area contributed by atoms with Crippen LogP contribution in [0.1, 0.15) is 31.7 Å². The molecule has 0 bridgehead atoms. The topological polar surface area (TPSA) is 33.2 Å². The van der Waals surface area contributed by atoms with Crippen LogP contribution in [0, 0.1) is 0 Å². The van der Waals surface area contributed by atoms with Crippen LogP contribution in [0.25, 0.3) is 0 Å². The Kier molecular flexibility index (Phi) is 4.00. The van der Waals surface area contributed by atoms with Gasteiger partial charge >= 0.3 is 0 Å². The van der Waals surface area contributed by atoms with Gasteiger partial charge in [-0.05, 0) is 30.9 Å². The molecule has 0 N–H and O–H groups in total. The van der Waals surface area contributed by atoms with Crippen LogP contribution in [0.3, 0.4) is 0 Å². The second-order valence-electron chi connectivity index (χ2n) is 4.51. The molecule has 1 fully saturated rings. The van der Waals surface area contributed by atoms with Crippen LogP contribution >= 0.6 is 11.6 Å². The average molecular weight is 253 g/mol. The van der Waals surface area contributed by atoms with Crippen LogP contribution < -0.4 is 0 Å². The van der Waals surface area contributed by atoms with Crippen LogP contribution in [-0.2, 0) is 11.2 Å². The van der Waals surface area contributed by atoms with Crippen molar-refractivity contribution >= 4 is 17.5 Å². The smallest absolute Gasteiger partial charge is 0.227 e. The van der Waals surface area contributed by atoms with Crippen LogP contribution in [-0.4, -0.2) is 28.4 Å². The summed E-state index contributed by atoms with van der Waals surface area (Å²) < 4.78 is 0. The molecule has 92 valence electrons. The van der Waals surface area contributed by atoms with Crippen molar-refractivity contribution in [3.05, 3.63) is 29.0 Å². The van der Waals surface area contributed by atoms with Gasteiger partial charge in [0.15, 0.2) is 0 Å². The van der Waals surface area contributed by atoms with Crippen molar-refractivity contribution in [3.8, 4) is 0 Å². The van der Waals surface area contributed by atoms with Gasteiger partial charge in [0.2, 0.25) is 5.91 Å². The number of pyridine rings is 1. The Bertz CT molecular complexity index is 404. The van der Waals surface area contributed by atoms with E-state index >= 15 is 0 Å². The number of aromatic nitrogens is 1. The molecular formula is C13H17ClN2O. The number of halogens is 1. The minimum absolute atomic E-state index is 0.193. The Morgan fingerprint density at radius 1 is 1.53 bits per heavy atom. The maximum Gasteiger partial charge on any atom is 0.227 e. The normalized spacial score (nSPS) is 14.7. The molecule has 4 heteroatoms. The van der Waals surface area contributed by atoms with E-state index in [4.69, 9.17) is 11.6 Å².